The summed E-state index contributed by atoms with van der Waals surface area (Å²) >= 11 is 0. The highest BCUT2D eigenvalue weighted by Crippen LogP contribution is 2.43. The molecule has 0 bridgehead atoms. The first-order chi connectivity index (χ1) is 10.7. The van der Waals surface area contributed by atoms with E-state index in [4.69, 9.17) is 5.73 Å². The summed E-state index contributed by atoms with van der Waals surface area (Å²) in [5.41, 5.74) is 11.7. The Balaban J connectivity index is 2.08. The number of rotatable bonds is 1. The number of nitriles is 1. The zero-order valence-electron chi connectivity index (χ0n) is 11.6. The summed E-state index contributed by atoms with van der Waals surface area (Å²) in [4.78, 5) is 7.55. The Hall–Kier alpha value is -3.26. The van der Waals surface area contributed by atoms with Crippen LogP contribution in [-0.4, -0.2) is 15.1 Å². The highest BCUT2D eigenvalue weighted by molar-refractivity contribution is 5.87. The fraction of sp³-hybridized carbons (Fsp3) is 0.0588. The first-order valence-corrected chi connectivity index (χ1v) is 6.87. The van der Waals surface area contributed by atoms with E-state index in [1.54, 1.807) is 12.1 Å². The van der Waals surface area contributed by atoms with Crippen molar-refractivity contribution >= 4 is 5.82 Å². The molecule has 1 aromatic carbocycles. The van der Waals surface area contributed by atoms with Crippen LogP contribution >= 0.6 is 0 Å². The van der Waals surface area contributed by atoms with E-state index in [1.807, 2.05) is 24.4 Å². The average molecular weight is 288 g/mol. The Bertz CT molecular complexity index is 936. The first-order valence-electron chi connectivity index (χ1n) is 6.87. The number of nitrogens with two attached hydrogens (primary N) is 1. The van der Waals surface area contributed by atoms with Crippen LogP contribution in [0.4, 0.5) is 5.82 Å². The van der Waals surface area contributed by atoms with Crippen molar-refractivity contribution < 1.29 is 5.11 Å². The van der Waals surface area contributed by atoms with Crippen LogP contribution in [0.5, 0.6) is 5.75 Å². The van der Waals surface area contributed by atoms with Crippen LogP contribution in [-0.2, 0) is 6.42 Å². The molecule has 22 heavy (non-hydrogen) atoms. The van der Waals surface area contributed by atoms with Gasteiger partial charge in [0.1, 0.15) is 23.2 Å². The average Bonchev–Trinajstić information content (AvgIpc) is 3.14. The van der Waals surface area contributed by atoms with Crippen LogP contribution in [0.25, 0.3) is 22.5 Å². The maximum Gasteiger partial charge on any atom is 0.142 e. The topological polar surface area (TPSA) is 98.7 Å². The largest absolute Gasteiger partial charge is 0.508 e. The molecule has 4 rings (SSSR count). The van der Waals surface area contributed by atoms with Gasteiger partial charge in [0, 0.05) is 29.4 Å². The van der Waals surface area contributed by atoms with E-state index in [0.29, 0.717) is 12.0 Å². The van der Waals surface area contributed by atoms with Crippen molar-refractivity contribution in [3.63, 3.8) is 0 Å². The van der Waals surface area contributed by atoms with Gasteiger partial charge in [-0.3, -0.25) is 0 Å². The third kappa shape index (κ3) is 1.61. The Labute approximate surface area is 126 Å². The van der Waals surface area contributed by atoms with E-state index in [0.717, 1.165) is 33.6 Å². The van der Waals surface area contributed by atoms with Crippen LogP contribution in [0, 0.1) is 11.3 Å². The quantitative estimate of drug-likeness (QED) is 0.501. The number of phenols is 1. The molecule has 1 aliphatic rings. The number of nitrogens with one attached hydrogen (secondary N) is 1. The third-order valence-electron chi connectivity index (χ3n) is 4.02. The van der Waals surface area contributed by atoms with Crippen molar-refractivity contribution in [2.75, 3.05) is 5.73 Å². The predicted molar refractivity (Wildman–Crippen MR) is 83.1 cm³/mol. The van der Waals surface area contributed by atoms with Crippen LogP contribution in [0.2, 0.25) is 0 Å². The lowest BCUT2D eigenvalue weighted by Gasteiger charge is -2.11. The van der Waals surface area contributed by atoms with E-state index in [9.17, 15) is 10.4 Å². The van der Waals surface area contributed by atoms with Crippen LogP contribution < -0.4 is 5.73 Å². The van der Waals surface area contributed by atoms with Gasteiger partial charge in [0.2, 0.25) is 0 Å². The van der Waals surface area contributed by atoms with E-state index in [-0.39, 0.29) is 11.6 Å². The Morgan fingerprint density at radius 1 is 1.32 bits per heavy atom. The van der Waals surface area contributed by atoms with Gasteiger partial charge in [-0.05, 0) is 35.4 Å². The molecule has 5 nitrogen and oxygen atoms in total. The van der Waals surface area contributed by atoms with Gasteiger partial charge in [-0.2, -0.15) is 5.26 Å². The summed E-state index contributed by atoms with van der Waals surface area (Å²) in [6, 6.07) is 11.2. The molecule has 5 heteroatoms. The number of pyridine rings is 1. The monoisotopic (exact) mass is 288 g/mol. The molecule has 1 aliphatic carbocycles. The third-order valence-corrected chi connectivity index (χ3v) is 4.02. The van der Waals surface area contributed by atoms with Crippen molar-refractivity contribution in [3.8, 4) is 34.3 Å². The number of hydrogen-bond acceptors (Lipinski definition) is 4. The van der Waals surface area contributed by atoms with Gasteiger partial charge < -0.3 is 15.8 Å². The van der Waals surface area contributed by atoms with E-state index in [1.165, 1.54) is 0 Å². The molecule has 0 saturated heterocycles. The molecule has 2 heterocycles. The van der Waals surface area contributed by atoms with Gasteiger partial charge >= 0.3 is 0 Å². The van der Waals surface area contributed by atoms with Crippen molar-refractivity contribution in [3.05, 3.63) is 53.2 Å². The van der Waals surface area contributed by atoms with Crippen LogP contribution in [0.15, 0.2) is 36.5 Å². The molecular weight excluding hydrogens is 276 g/mol. The van der Waals surface area contributed by atoms with Gasteiger partial charge in [-0.15, -0.1) is 0 Å². The molecule has 0 atom stereocenters. The second-order valence-corrected chi connectivity index (χ2v) is 5.29. The number of nitrogens with zero attached hydrogens (tertiary/aromatic N) is 2. The lowest BCUT2D eigenvalue weighted by molar-refractivity contribution is 0.475. The van der Waals surface area contributed by atoms with E-state index in [2.05, 4.69) is 16.0 Å². The highest BCUT2D eigenvalue weighted by atomic mass is 16.3. The zero-order valence-corrected chi connectivity index (χ0v) is 11.6. The van der Waals surface area contributed by atoms with Gasteiger partial charge in [0.15, 0.2) is 0 Å². The van der Waals surface area contributed by atoms with Gasteiger partial charge in [0.05, 0.1) is 5.69 Å². The first kappa shape index (κ1) is 12.5. The number of hydrogen-bond donors (Lipinski definition) is 3. The van der Waals surface area contributed by atoms with Crippen molar-refractivity contribution in [1.82, 2.24) is 9.97 Å². The van der Waals surface area contributed by atoms with Gasteiger partial charge in [-0.1, -0.05) is 6.07 Å². The summed E-state index contributed by atoms with van der Waals surface area (Å²) in [5, 5.41) is 19.2. The minimum Gasteiger partial charge on any atom is -0.508 e. The standard InChI is InChI=1S/C17H12N4O/c18-8-13-15(14-2-1-5-20-14)12-6-9-3-4-10(22)7-11(9)16(12)21-17(13)19/h1-5,7,20,22H,6H2,(H2,19,21). The number of H-pyrrole nitrogens is 1. The molecule has 0 saturated carbocycles. The fourth-order valence-corrected chi connectivity index (χ4v) is 3.06. The smallest absolute Gasteiger partial charge is 0.142 e. The predicted octanol–water partition coefficient (Wildman–Crippen LogP) is 2.81. The van der Waals surface area contributed by atoms with Crippen molar-refractivity contribution in [2.45, 2.75) is 6.42 Å². The second kappa shape index (κ2) is 4.37. The molecule has 3 aromatic rings. The maximum absolute atomic E-state index is 9.73. The van der Waals surface area contributed by atoms with Crippen LogP contribution in [0.1, 0.15) is 16.7 Å². The second-order valence-electron chi connectivity index (χ2n) is 5.29. The number of benzene rings is 1. The SMILES string of the molecule is N#Cc1c(N)nc2c(c1-c1ccc[nH]1)Cc1ccc(O)cc1-2. The molecule has 2 aromatic heterocycles. The Morgan fingerprint density at radius 3 is 2.91 bits per heavy atom. The molecule has 0 unspecified atom stereocenters. The summed E-state index contributed by atoms with van der Waals surface area (Å²) in [7, 11) is 0. The summed E-state index contributed by atoms with van der Waals surface area (Å²) < 4.78 is 0. The highest BCUT2D eigenvalue weighted by Gasteiger charge is 2.27. The number of aromatic nitrogens is 2. The molecule has 0 radical (unpaired) electrons. The fourth-order valence-electron chi connectivity index (χ4n) is 3.06. The zero-order chi connectivity index (χ0) is 15.3. The normalized spacial score (nSPS) is 11.8. The molecule has 106 valence electrons. The van der Waals surface area contributed by atoms with E-state index >= 15 is 0 Å². The number of aromatic hydroxyl groups is 1. The molecule has 0 fully saturated rings. The lowest BCUT2D eigenvalue weighted by Crippen LogP contribution is -2.02. The summed E-state index contributed by atoms with van der Waals surface area (Å²) in [6.45, 7) is 0. The van der Waals surface area contributed by atoms with Gasteiger partial charge in [-0.25, -0.2) is 4.98 Å². The lowest BCUT2D eigenvalue weighted by atomic mass is 9.98. The number of nitrogen functional groups attached to an aromatic ring is 1. The number of phenolic OH excluding ortho intramolecular Hbond substituents is 1. The number of aromatic amines is 1. The summed E-state index contributed by atoms with van der Waals surface area (Å²) in [6.07, 6.45) is 2.48. The van der Waals surface area contributed by atoms with Crippen molar-refractivity contribution in [1.29, 1.82) is 5.26 Å². The van der Waals surface area contributed by atoms with E-state index < -0.39 is 0 Å². The minimum absolute atomic E-state index is 0.192. The maximum atomic E-state index is 9.73. The molecule has 0 aliphatic heterocycles. The molecule has 0 spiro atoms. The molecule has 4 N–H and O–H groups in total. The molecule has 0 amide bonds. The molecular formula is C17H12N4O. The Kier molecular flexibility index (Phi) is 2.48. The number of anilines is 1. The Morgan fingerprint density at radius 2 is 2.18 bits per heavy atom. The summed E-state index contributed by atoms with van der Waals surface area (Å²) in [5.74, 6) is 0.403. The minimum atomic E-state index is 0.192. The van der Waals surface area contributed by atoms with Crippen LogP contribution in [0.3, 0.4) is 0 Å². The number of fused-ring (bicyclic) bond motifs is 3. The van der Waals surface area contributed by atoms with Crippen molar-refractivity contribution in [2.24, 2.45) is 0 Å². The van der Waals surface area contributed by atoms with Gasteiger partial charge in [0.25, 0.3) is 0 Å².